The zero-order chi connectivity index (χ0) is 20.7. The van der Waals surface area contributed by atoms with Crippen LogP contribution in [-0.4, -0.2) is 48.1 Å². The van der Waals surface area contributed by atoms with E-state index >= 15 is 0 Å². The van der Waals surface area contributed by atoms with Crippen molar-refractivity contribution in [2.75, 3.05) is 26.9 Å². The van der Waals surface area contributed by atoms with Crippen LogP contribution in [0.25, 0.3) is 10.8 Å². The van der Waals surface area contributed by atoms with Crippen LogP contribution in [0, 0.1) is 20.9 Å². The Labute approximate surface area is 160 Å². The van der Waals surface area contributed by atoms with Gasteiger partial charge in [0.2, 0.25) is 6.54 Å². The van der Waals surface area contributed by atoms with Gasteiger partial charge in [-0.25, -0.2) is 5.21 Å². The summed E-state index contributed by atoms with van der Waals surface area (Å²) in [6.45, 7) is 0.315. The first-order chi connectivity index (χ1) is 13.3. The van der Waals surface area contributed by atoms with Gasteiger partial charge in [0.1, 0.15) is 17.3 Å². The molecule has 28 heavy (non-hydrogen) atoms. The molecule has 0 fully saturated rings. The van der Waals surface area contributed by atoms with Gasteiger partial charge in [-0.3, -0.25) is 14.9 Å². The predicted molar refractivity (Wildman–Crippen MR) is 96.6 cm³/mol. The molecule has 10 nitrogen and oxygen atoms in total. The van der Waals surface area contributed by atoms with Gasteiger partial charge < -0.3 is 9.47 Å². The minimum absolute atomic E-state index is 0.317. The maximum absolute atomic E-state index is 12.3. The highest BCUT2D eigenvalue weighted by Gasteiger charge is 2.25. The van der Waals surface area contributed by atoms with Gasteiger partial charge in [0.05, 0.1) is 18.9 Å². The van der Waals surface area contributed by atoms with Gasteiger partial charge in [-0.2, -0.15) is 4.84 Å². The number of ether oxygens (including phenoxy) is 2. The third kappa shape index (κ3) is 5.79. The molecule has 2 atom stereocenters. The largest absolute Gasteiger partial charge is 0.497 e. The van der Waals surface area contributed by atoms with Crippen molar-refractivity contribution in [3.05, 3.63) is 57.0 Å². The molecule has 0 heterocycles. The Kier molecular flexibility index (Phi) is 7.08. The smallest absolute Gasteiger partial charge is 0.475 e. The van der Waals surface area contributed by atoms with Crippen molar-refractivity contribution < 1.29 is 34.3 Å². The van der Waals surface area contributed by atoms with Gasteiger partial charge in [0, 0.05) is 4.92 Å². The minimum Gasteiger partial charge on any atom is -0.497 e. The van der Waals surface area contributed by atoms with Crippen LogP contribution >= 0.6 is 0 Å². The number of carbonyl (C=O) groups excluding carboxylic acids is 1. The highest BCUT2D eigenvalue weighted by Crippen LogP contribution is 2.25. The fourth-order valence-corrected chi connectivity index (χ4v) is 2.63. The summed E-state index contributed by atoms with van der Waals surface area (Å²) in [4.78, 5) is 37.0. The van der Waals surface area contributed by atoms with Crippen LogP contribution in [0.15, 0.2) is 36.4 Å². The molecule has 150 valence electrons. The van der Waals surface area contributed by atoms with Gasteiger partial charge in [0.25, 0.3) is 0 Å². The first kappa shape index (κ1) is 20.9. The number of hydrogen-bond acceptors (Lipinski definition) is 7. The molecule has 0 bridgehead atoms. The molecule has 0 amide bonds. The van der Waals surface area contributed by atoms with E-state index in [0.29, 0.717) is 0 Å². The second-order valence-electron chi connectivity index (χ2n) is 6.24. The van der Waals surface area contributed by atoms with Crippen LogP contribution < -0.4 is 4.74 Å². The Morgan fingerprint density at radius 3 is 2.46 bits per heavy atom. The molecule has 0 spiro atoms. The van der Waals surface area contributed by atoms with Crippen molar-refractivity contribution >= 4 is 16.7 Å². The summed E-state index contributed by atoms with van der Waals surface area (Å²) in [5.74, 6) is -1.31. The first-order valence-corrected chi connectivity index (χ1v) is 8.45. The number of carbonyl (C=O) groups is 1. The van der Waals surface area contributed by atoms with Crippen LogP contribution in [0.3, 0.4) is 0 Å². The average Bonchev–Trinajstić information content (AvgIpc) is 2.67. The quantitative estimate of drug-likeness (QED) is 0.370. The Bertz CT molecular complexity index is 870. The van der Waals surface area contributed by atoms with E-state index in [4.69, 9.17) is 14.7 Å². The van der Waals surface area contributed by atoms with Crippen LogP contribution in [-0.2, 0) is 14.4 Å². The molecule has 2 aromatic carbocycles. The molecule has 0 aromatic heterocycles. The third-order valence-corrected chi connectivity index (χ3v) is 4.21. The van der Waals surface area contributed by atoms with Crippen molar-refractivity contribution in [3.63, 3.8) is 0 Å². The van der Waals surface area contributed by atoms with E-state index < -0.39 is 41.0 Å². The van der Waals surface area contributed by atoms with Gasteiger partial charge in [0.15, 0.2) is 6.61 Å². The lowest BCUT2D eigenvalue weighted by atomic mass is 9.98. The zero-order valence-corrected chi connectivity index (χ0v) is 15.4. The molecular formula is C18H21N2O8+. The summed E-state index contributed by atoms with van der Waals surface area (Å²) in [5, 5.41) is 20.2. The Morgan fingerprint density at radius 2 is 1.82 bits per heavy atom. The van der Waals surface area contributed by atoms with Crippen LogP contribution in [0.4, 0.5) is 0 Å². The summed E-state index contributed by atoms with van der Waals surface area (Å²) in [6, 6.07) is 11.1. The van der Waals surface area contributed by atoms with Gasteiger partial charge in [-0.15, -0.1) is 0 Å². The van der Waals surface area contributed by atoms with E-state index in [2.05, 4.69) is 4.84 Å². The number of methoxy groups -OCH3 is 1. The highest BCUT2D eigenvalue weighted by molar-refractivity contribution is 5.86. The van der Waals surface area contributed by atoms with E-state index in [9.17, 15) is 19.8 Å². The standard InChI is InChI=1S/C18H21N2O8/c1-12(14-3-4-16-8-17(26-2)6-5-15(16)7-14)18(21)27-10-13(9-19(22)23)11-28-20(24)25/h3-8,12-13H,9-11H2,1-2H3,(H,24,25)/q+1. The lowest BCUT2D eigenvalue weighted by Crippen LogP contribution is -2.28. The average molecular weight is 393 g/mol. The summed E-state index contributed by atoms with van der Waals surface area (Å²) < 4.78 is 10.3. The number of esters is 1. The van der Waals surface area contributed by atoms with Gasteiger partial charge in [-0.1, -0.05) is 24.3 Å². The molecular weight excluding hydrogens is 372 g/mol. The fourth-order valence-electron chi connectivity index (χ4n) is 2.63. The van der Waals surface area contributed by atoms with Crippen LogP contribution in [0.2, 0.25) is 0 Å². The number of benzene rings is 2. The van der Waals surface area contributed by atoms with Crippen LogP contribution in [0.1, 0.15) is 18.4 Å². The van der Waals surface area contributed by atoms with Crippen molar-refractivity contribution in [3.8, 4) is 5.75 Å². The molecule has 0 radical (unpaired) electrons. The molecule has 2 unspecified atom stereocenters. The lowest BCUT2D eigenvalue weighted by Gasteiger charge is -2.15. The van der Waals surface area contributed by atoms with E-state index in [0.717, 1.165) is 22.1 Å². The van der Waals surface area contributed by atoms with E-state index in [1.165, 1.54) is 0 Å². The number of fused-ring (bicyclic) bond motifs is 1. The van der Waals surface area contributed by atoms with E-state index in [1.54, 1.807) is 20.1 Å². The summed E-state index contributed by atoms with van der Waals surface area (Å²) in [6.07, 6.45) is 0. The topological polar surface area (TPSA) is 128 Å². The summed E-state index contributed by atoms with van der Waals surface area (Å²) >= 11 is 0. The molecule has 2 rings (SSSR count). The van der Waals surface area contributed by atoms with Crippen molar-refractivity contribution in [2.45, 2.75) is 12.8 Å². The number of rotatable bonds is 10. The Hall–Kier alpha value is -3.43. The molecule has 2 aromatic rings. The third-order valence-electron chi connectivity index (χ3n) is 4.21. The zero-order valence-electron chi connectivity index (χ0n) is 15.4. The maximum Gasteiger partial charge on any atom is 0.475 e. The number of nitrogens with zero attached hydrogens (tertiary/aromatic N) is 2. The molecule has 0 saturated carbocycles. The van der Waals surface area contributed by atoms with E-state index in [-0.39, 0.29) is 6.61 Å². The second-order valence-corrected chi connectivity index (χ2v) is 6.24. The molecule has 1 N–H and O–H groups in total. The minimum atomic E-state index is -0.876. The fraction of sp³-hybridized carbons (Fsp3) is 0.389. The molecule has 0 aliphatic carbocycles. The van der Waals surface area contributed by atoms with Crippen molar-refractivity contribution in [1.29, 1.82) is 0 Å². The SMILES string of the molecule is COc1ccc2cc(C(C)C(=O)OCC(CO[N+](=O)O)C[N+](=O)[O-])ccc2c1. The first-order valence-electron chi connectivity index (χ1n) is 8.45. The maximum atomic E-state index is 12.3. The normalized spacial score (nSPS) is 12.8. The molecule has 0 aliphatic rings. The lowest BCUT2D eigenvalue weighted by molar-refractivity contribution is -0.976. The molecule has 0 aliphatic heterocycles. The highest BCUT2D eigenvalue weighted by atomic mass is 16.9. The second kappa shape index (κ2) is 9.49. The molecule has 10 heteroatoms. The van der Waals surface area contributed by atoms with Gasteiger partial charge >= 0.3 is 11.1 Å². The summed E-state index contributed by atoms with van der Waals surface area (Å²) in [7, 11) is 1.58. The van der Waals surface area contributed by atoms with Crippen LogP contribution in [0.5, 0.6) is 5.75 Å². The van der Waals surface area contributed by atoms with Crippen molar-refractivity contribution in [1.82, 2.24) is 0 Å². The van der Waals surface area contributed by atoms with Gasteiger partial charge in [-0.05, 0) is 35.4 Å². The monoisotopic (exact) mass is 393 g/mol. The Balaban J connectivity index is 2.03. The molecule has 0 saturated heterocycles. The predicted octanol–water partition coefficient (Wildman–Crippen LogP) is 2.49. The number of hydrogen-bond donors (Lipinski definition) is 1. The number of nitro groups is 1. The summed E-state index contributed by atoms with van der Waals surface area (Å²) in [5.41, 5.74) is 0.728. The Morgan fingerprint density at radius 1 is 1.14 bits per heavy atom. The van der Waals surface area contributed by atoms with Crippen molar-refractivity contribution in [2.24, 2.45) is 5.92 Å². The van der Waals surface area contributed by atoms with E-state index in [1.807, 2.05) is 30.3 Å².